The fourth-order valence-electron chi connectivity index (χ4n) is 0.670. The van der Waals surface area contributed by atoms with Crippen molar-refractivity contribution in [3.05, 3.63) is 12.7 Å². The van der Waals surface area contributed by atoms with Crippen LogP contribution in [-0.2, 0) is 4.74 Å². The van der Waals surface area contributed by atoms with Gasteiger partial charge in [-0.25, -0.2) is 0 Å². The second-order valence-corrected chi connectivity index (χ2v) is 2.55. The molecule has 16 heavy (non-hydrogen) atoms. The van der Waals surface area contributed by atoms with Crippen LogP contribution in [0.3, 0.4) is 0 Å². The maximum atomic E-state index is 4.57. The minimum absolute atomic E-state index is 0.653. The Kier molecular flexibility index (Phi) is 72.1. The Balaban J connectivity index is -0.0000000704. The second kappa shape index (κ2) is 46.6. The summed E-state index contributed by atoms with van der Waals surface area (Å²) >= 11 is 0. The fourth-order valence-corrected chi connectivity index (χ4v) is 0.670. The Hall–Kier alpha value is -0.340. The summed E-state index contributed by atoms with van der Waals surface area (Å²) < 4.78 is 4.57. The Labute approximate surface area is 104 Å². The summed E-state index contributed by atoms with van der Waals surface area (Å²) in [6.07, 6.45) is 5.72. The third kappa shape index (κ3) is 68.3. The van der Waals surface area contributed by atoms with E-state index in [4.69, 9.17) is 0 Å². The van der Waals surface area contributed by atoms with Gasteiger partial charge in [-0.05, 0) is 20.0 Å². The van der Waals surface area contributed by atoms with Crippen LogP contribution < -0.4 is 5.32 Å². The second-order valence-electron chi connectivity index (χ2n) is 2.55. The van der Waals surface area contributed by atoms with Gasteiger partial charge in [0.2, 0.25) is 0 Å². The molecule has 1 N–H and O–H groups in total. The van der Waals surface area contributed by atoms with E-state index in [0.717, 1.165) is 0 Å². The molecule has 0 aromatic heterocycles. The Morgan fingerprint density at radius 2 is 1.62 bits per heavy atom. The van der Waals surface area contributed by atoms with Crippen molar-refractivity contribution in [3.8, 4) is 0 Å². The van der Waals surface area contributed by atoms with Gasteiger partial charge < -0.3 is 10.1 Å². The molecule has 0 heterocycles. The molecule has 0 saturated heterocycles. The highest BCUT2D eigenvalue weighted by Crippen LogP contribution is 1.89. The zero-order valence-electron chi connectivity index (χ0n) is 12.7. The molecule has 0 aromatic rings. The number of unbranched alkanes of at least 4 members (excludes halogenated alkanes) is 2. The SMILES string of the molecule is C=CCOC.CC.CC.CCCCCNC. The minimum Gasteiger partial charge on any atom is -0.381 e. The van der Waals surface area contributed by atoms with E-state index in [1.54, 1.807) is 13.2 Å². The van der Waals surface area contributed by atoms with Crippen molar-refractivity contribution in [2.24, 2.45) is 0 Å². The standard InChI is InChI=1S/C6H15N.C4H8O.2C2H6/c1-3-4-5-6-7-2;1-3-4-5-2;2*1-2/h7H,3-6H2,1-2H3;3H,1,4H2,2H3;2*1-2H3. The molecule has 0 fully saturated rings. The van der Waals surface area contributed by atoms with Crippen molar-refractivity contribution in [1.82, 2.24) is 5.32 Å². The zero-order valence-corrected chi connectivity index (χ0v) is 12.7. The molecule has 0 saturated carbocycles. The summed E-state index contributed by atoms with van der Waals surface area (Å²) in [5.74, 6) is 0. The van der Waals surface area contributed by atoms with Gasteiger partial charge in [0.15, 0.2) is 0 Å². The Bertz CT molecular complexity index is 71.1. The first-order valence-corrected chi connectivity index (χ1v) is 6.57. The fraction of sp³-hybridized carbons (Fsp3) is 0.857. The molecule has 2 nitrogen and oxygen atoms in total. The first kappa shape index (κ1) is 24.8. The van der Waals surface area contributed by atoms with Gasteiger partial charge in [0, 0.05) is 7.11 Å². The van der Waals surface area contributed by atoms with Crippen LogP contribution in [0.15, 0.2) is 12.7 Å². The number of nitrogens with one attached hydrogen (secondary N) is 1. The molecule has 0 aliphatic rings. The number of ether oxygens (including phenoxy) is 1. The van der Waals surface area contributed by atoms with Gasteiger partial charge in [-0.1, -0.05) is 53.5 Å². The molecule has 0 atom stereocenters. The zero-order chi connectivity index (χ0) is 13.7. The normalized spacial score (nSPS) is 7.19. The van der Waals surface area contributed by atoms with Gasteiger partial charge in [0.25, 0.3) is 0 Å². The molecular formula is C14H35NO. The molecule has 0 unspecified atom stereocenters. The molecule has 0 aromatic carbocycles. The summed E-state index contributed by atoms with van der Waals surface area (Å²) in [6, 6.07) is 0. The minimum atomic E-state index is 0.653. The van der Waals surface area contributed by atoms with Gasteiger partial charge >= 0.3 is 0 Å². The quantitative estimate of drug-likeness (QED) is 0.546. The highest BCUT2D eigenvalue weighted by molar-refractivity contribution is 4.62. The van der Waals surface area contributed by atoms with E-state index >= 15 is 0 Å². The van der Waals surface area contributed by atoms with E-state index in [0.29, 0.717) is 6.61 Å². The maximum absolute atomic E-state index is 4.57. The van der Waals surface area contributed by atoms with Gasteiger partial charge in [-0.2, -0.15) is 0 Å². The topological polar surface area (TPSA) is 21.3 Å². The summed E-state index contributed by atoms with van der Waals surface area (Å²) in [6.45, 7) is 15.5. The van der Waals surface area contributed by atoms with E-state index in [-0.39, 0.29) is 0 Å². The van der Waals surface area contributed by atoms with E-state index in [2.05, 4.69) is 23.6 Å². The van der Waals surface area contributed by atoms with Crippen molar-refractivity contribution in [3.63, 3.8) is 0 Å². The highest BCUT2D eigenvalue weighted by Gasteiger charge is 1.78. The van der Waals surface area contributed by atoms with Gasteiger partial charge in [0.05, 0.1) is 6.61 Å². The van der Waals surface area contributed by atoms with Crippen LogP contribution in [0, 0.1) is 0 Å². The largest absolute Gasteiger partial charge is 0.381 e. The molecular weight excluding hydrogens is 198 g/mol. The van der Waals surface area contributed by atoms with E-state index in [1.807, 2.05) is 34.7 Å². The first-order chi connectivity index (χ1) is 7.83. The molecule has 2 heteroatoms. The predicted molar refractivity (Wildman–Crippen MR) is 78.2 cm³/mol. The van der Waals surface area contributed by atoms with Crippen molar-refractivity contribution >= 4 is 0 Å². The molecule has 0 bridgehead atoms. The van der Waals surface area contributed by atoms with Crippen LogP contribution in [0.2, 0.25) is 0 Å². The lowest BCUT2D eigenvalue weighted by Crippen LogP contribution is -2.06. The van der Waals surface area contributed by atoms with Crippen LogP contribution in [0.25, 0.3) is 0 Å². The third-order valence-corrected chi connectivity index (χ3v) is 1.31. The summed E-state index contributed by atoms with van der Waals surface area (Å²) in [5, 5.41) is 3.10. The average molecular weight is 233 g/mol. The number of rotatable bonds is 6. The van der Waals surface area contributed by atoms with Crippen LogP contribution >= 0.6 is 0 Å². The molecule has 102 valence electrons. The molecule has 0 amide bonds. The van der Waals surface area contributed by atoms with Gasteiger partial charge in [0.1, 0.15) is 0 Å². The van der Waals surface area contributed by atoms with Crippen LogP contribution in [-0.4, -0.2) is 27.3 Å². The first-order valence-electron chi connectivity index (χ1n) is 6.57. The molecule has 0 aliphatic carbocycles. The maximum Gasteiger partial charge on any atom is 0.0641 e. The predicted octanol–water partition coefficient (Wildman–Crippen LogP) is 4.27. The van der Waals surface area contributed by atoms with E-state index in [1.165, 1.54) is 25.8 Å². The van der Waals surface area contributed by atoms with Crippen molar-refractivity contribution in [1.29, 1.82) is 0 Å². The third-order valence-electron chi connectivity index (χ3n) is 1.31. The number of hydrogen-bond donors (Lipinski definition) is 1. The monoisotopic (exact) mass is 233 g/mol. The lowest BCUT2D eigenvalue weighted by molar-refractivity contribution is 0.234. The van der Waals surface area contributed by atoms with Crippen LogP contribution in [0.5, 0.6) is 0 Å². The van der Waals surface area contributed by atoms with E-state index in [9.17, 15) is 0 Å². The summed E-state index contributed by atoms with van der Waals surface area (Å²) in [7, 11) is 3.64. The van der Waals surface area contributed by atoms with Crippen molar-refractivity contribution < 1.29 is 4.74 Å². The Morgan fingerprint density at radius 1 is 1.12 bits per heavy atom. The molecule has 0 aliphatic heterocycles. The number of hydrogen-bond acceptors (Lipinski definition) is 2. The molecule has 0 spiro atoms. The lowest BCUT2D eigenvalue weighted by Gasteiger charge is -1.93. The van der Waals surface area contributed by atoms with Crippen molar-refractivity contribution in [2.75, 3.05) is 27.3 Å². The van der Waals surface area contributed by atoms with E-state index < -0.39 is 0 Å². The highest BCUT2D eigenvalue weighted by atomic mass is 16.5. The smallest absolute Gasteiger partial charge is 0.0641 e. The Morgan fingerprint density at radius 3 is 1.81 bits per heavy atom. The summed E-state index contributed by atoms with van der Waals surface area (Å²) in [5.41, 5.74) is 0. The van der Waals surface area contributed by atoms with Crippen LogP contribution in [0.1, 0.15) is 53.9 Å². The summed E-state index contributed by atoms with van der Waals surface area (Å²) in [4.78, 5) is 0. The lowest BCUT2D eigenvalue weighted by atomic mass is 10.2. The van der Waals surface area contributed by atoms with Crippen molar-refractivity contribution in [2.45, 2.75) is 53.9 Å². The molecule has 0 rings (SSSR count). The van der Waals surface area contributed by atoms with Gasteiger partial charge in [-0.15, -0.1) is 6.58 Å². The average Bonchev–Trinajstić information content (AvgIpc) is 2.37. The number of methoxy groups -OCH3 is 1. The van der Waals surface area contributed by atoms with Gasteiger partial charge in [-0.3, -0.25) is 0 Å². The van der Waals surface area contributed by atoms with Crippen LogP contribution in [0.4, 0.5) is 0 Å². The molecule has 0 radical (unpaired) electrons.